The van der Waals surface area contributed by atoms with Crippen molar-refractivity contribution in [1.29, 1.82) is 0 Å². The summed E-state index contributed by atoms with van der Waals surface area (Å²) in [6.45, 7) is 12.6. The summed E-state index contributed by atoms with van der Waals surface area (Å²) in [6.07, 6.45) is 2.66. The Labute approximate surface area is 118 Å². The van der Waals surface area contributed by atoms with Crippen LogP contribution in [0.2, 0.25) is 0 Å². The van der Waals surface area contributed by atoms with Gasteiger partial charge in [-0.2, -0.15) is 0 Å². The average molecular weight is 283 g/mol. The number of ketones is 1. The Morgan fingerprint density at radius 2 is 2.07 bits per heavy atom. The molecular weight excluding hydrogens is 265 g/mol. The van der Waals surface area contributed by atoms with E-state index in [0.717, 1.165) is 5.76 Å². The minimum absolute atomic E-state index is 0. The van der Waals surface area contributed by atoms with Crippen molar-refractivity contribution in [2.45, 2.75) is 26.7 Å². The van der Waals surface area contributed by atoms with Crippen LogP contribution in [-0.2, 0) is 42.2 Å². The van der Waals surface area contributed by atoms with E-state index in [1.807, 2.05) is 0 Å². The van der Waals surface area contributed by atoms with E-state index in [1.54, 1.807) is 6.08 Å². The number of carbonyl (C=O) groups excluding carboxylic acids is 1. The molecule has 1 radical (unpaired) electrons. The number of rotatable bonds is 3. The SMILES string of the molecule is [CH2-]C1([CH2-])CC(=O)C=C(OCC(C)C)C1.[Y]. The van der Waals surface area contributed by atoms with Crippen molar-refractivity contribution < 1.29 is 42.2 Å². The van der Waals surface area contributed by atoms with Gasteiger partial charge in [0.05, 0.1) is 12.4 Å². The van der Waals surface area contributed by atoms with Crippen molar-refractivity contribution in [2.24, 2.45) is 11.3 Å². The second kappa shape index (κ2) is 6.15. The second-order valence-corrected chi connectivity index (χ2v) is 4.64. The van der Waals surface area contributed by atoms with E-state index in [1.165, 1.54) is 0 Å². The monoisotopic (exact) mass is 283 g/mol. The molecule has 0 heterocycles. The first kappa shape index (κ1) is 15.3. The maximum Gasteiger partial charge on any atom is 0.154 e. The molecule has 0 bridgehead atoms. The molecule has 83 valence electrons. The molecule has 0 unspecified atom stereocenters. The predicted molar refractivity (Wildman–Crippen MR) is 56.3 cm³/mol. The molecule has 0 atom stereocenters. The molecule has 1 aliphatic rings. The standard InChI is InChI=1S/C12H18O2.Y/c1-9(2)8-14-11-5-10(13)6-12(3,4)7-11;/h5,9H,3-4,6-8H2,1-2H3;/q-2;. The Hall–Kier alpha value is 0.314. The summed E-state index contributed by atoms with van der Waals surface area (Å²) in [5.74, 6) is 1.27. The Morgan fingerprint density at radius 3 is 2.53 bits per heavy atom. The van der Waals surface area contributed by atoms with Gasteiger partial charge in [-0.3, -0.25) is 10.2 Å². The third-order valence-corrected chi connectivity index (χ3v) is 2.02. The Morgan fingerprint density at radius 1 is 1.47 bits per heavy atom. The summed E-state index contributed by atoms with van der Waals surface area (Å²) in [6, 6.07) is 0. The fourth-order valence-corrected chi connectivity index (χ4v) is 1.45. The van der Waals surface area contributed by atoms with E-state index in [0.29, 0.717) is 25.4 Å². The van der Waals surface area contributed by atoms with Crippen LogP contribution in [-0.4, -0.2) is 12.4 Å². The number of hydrogen-bond donors (Lipinski definition) is 0. The summed E-state index contributed by atoms with van der Waals surface area (Å²) in [7, 11) is 0. The van der Waals surface area contributed by atoms with Crippen molar-refractivity contribution in [3.05, 3.63) is 25.7 Å². The molecule has 0 spiro atoms. The number of hydrogen-bond acceptors (Lipinski definition) is 2. The van der Waals surface area contributed by atoms with Gasteiger partial charge in [-0.25, -0.2) is 0 Å². The fraction of sp³-hybridized carbons (Fsp3) is 0.583. The van der Waals surface area contributed by atoms with Gasteiger partial charge in [-0.1, -0.05) is 13.8 Å². The average Bonchev–Trinajstić information content (AvgIpc) is 1.96. The van der Waals surface area contributed by atoms with Crippen molar-refractivity contribution in [1.82, 2.24) is 0 Å². The van der Waals surface area contributed by atoms with Crippen LogP contribution in [0.5, 0.6) is 0 Å². The molecule has 0 aromatic heterocycles. The van der Waals surface area contributed by atoms with Gasteiger partial charge in [0.2, 0.25) is 0 Å². The van der Waals surface area contributed by atoms with Crippen LogP contribution in [0.15, 0.2) is 11.8 Å². The quantitative estimate of drug-likeness (QED) is 0.744. The van der Waals surface area contributed by atoms with Gasteiger partial charge in [-0.15, -0.1) is 0 Å². The molecule has 0 aromatic carbocycles. The van der Waals surface area contributed by atoms with Gasteiger partial charge < -0.3 is 18.6 Å². The Kier molecular flexibility index (Phi) is 6.28. The molecule has 0 amide bonds. The molecular formula is C12H18O2Y-2. The van der Waals surface area contributed by atoms with Gasteiger partial charge >= 0.3 is 0 Å². The van der Waals surface area contributed by atoms with Crippen LogP contribution < -0.4 is 0 Å². The van der Waals surface area contributed by atoms with Crippen LogP contribution in [0.3, 0.4) is 0 Å². The number of carbonyl (C=O) groups is 1. The smallest absolute Gasteiger partial charge is 0.154 e. The summed E-state index contributed by atoms with van der Waals surface area (Å²) >= 11 is 0. The first-order valence-electron chi connectivity index (χ1n) is 4.96. The molecule has 0 fully saturated rings. The molecule has 0 saturated carbocycles. The van der Waals surface area contributed by atoms with Crippen LogP contribution in [0, 0.1) is 25.2 Å². The van der Waals surface area contributed by atoms with Crippen LogP contribution in [0.4, 0.5) is 0 Å². The molecule has 1 rings (SSSR count). The zero-order valence-corrected chi connectivity index (χ0v) is 12.4. The molecule has 0 aliphatic heterocycles. The third kappa shape index (κ3) is 5.82. The number of allylic oxidation sites excluding steroid dienone is 2. The predicted octanol–water partition coefficient (Wildman–Crippen LogP) is 2.56. The van der Waals surface area contributed by atoms with Gasteiger partial charge in [-0.05, 0) is 18.8 Å². The Balaban J connectivity index is 0.00000196. The van der Waals surface area contributed by atoms with Gasteiger partial charge in [0.1, 0.15) is 0 Å². The molecule has 15 heavy (non-hydrogen) atoms. The normalized spacial score (nSPS) is 19.5. The fourth-order valence-electron chi connectivity index (χ4n) is 1.45. The van der Waals surface area contributed by atoms with Gasteiger partial charge in [0, 0.05) is 38.8 Å². The van der Waals surface area contributed by atoms with Crippen LogP contribution in [0.1, 0.15) is 26.7 Å². The molecule has 3 heteroatoms. The summed E-state index contributed by atoms with van der Waals surface area (Å²) < 4.78 is 5.51. The van der Waals surface area contributed by atoms with Gasteiger partial charge in [0.25, 0.3) is 0 Å². The maximum absolute atomic E-state index is 11.3. The second-order valence-electron chi connectivity index (χ2n) is 4.64. The summed E-state index contributed by atoms with van der Waals surface area (Å²) in [4.78, 5) is 11.3. The topological polar surface area (TPSA) is 26.3 Å². The van der Waals surface area contributed by atoms with Crippen LogP contribution >= 0.6 is 0 Å². The van der Waals surface area contributed by atoms with Gasteiger partial charge in [0.15, 0.2) is 5.78 Å². The van der Waals surface area contributed by atoms with E-state index in [2.05, 4.69) is 27.7 Å². The van der Waals surface area contributed by atoms with Crippen LogP contribution in [0.25, 0.3) is 0 Å². The first-order valence-corrected chi connectivity index (χ1v) is 4.96. The molecule has 0 N–H and O–H groups in total. The number of ether oxygens (including phenoxy) is 1. The minimum atomic E-state index is -0.432. The van der Waals surface area contributed by atoms with Crippen molar-refractivity contribution in [2.75, 3.05) is 6.61 Å². The van der Waals surface area contributed by atoms with E-state index in [4.69, 9.17) is 4.74 Å². The van der Waals surface area contributed by atoms with Crippen molar-refractivity contribution in [3.8, 4) is 0 Å². The third-order valence-electron chi connectivity index (χ3n) is 2.02. The molecule has 2 nitrogen and oxygen atoms in total. The summed E-state index contributed by atoms with van der Waals surface area (Å²) in [5, 5.41) is 0. The van der Waals surface area contributed by atoms with E-state index >= 15 is 0 Å². The Bertz CT molecular complexity index is 254. The summed E-state index contributed by atoms with van der Waals surface area (Å²) in [5.41, 5.74) is -0.432. The molecule has 0 aromatic rings. The van der Waals surface area contributed by atoms with Crippen molar-refractivity contribution in [3.63, 3.8) is 0 Å². The molecule has 1 aliphatic carbocycles. The van der Waals surface area contributed by atoms with Crippen molar-refractivity contribution >= 4 is 5.78 Å². The zero-order valence-electron chi connectivity index (χ0n) is 9.58. The maximum atomic E-state index is 11.3. The minimum Gasteiger partial charge on any atom is -0.498 e. The zero-order chi connectivity index (χ0) is 10.8. The van der Waals surface area contributed by atoms with E-state index < -0.39 is 5.41 Å². The largest absolute Gasteiger partial charge is 0.498 e. The van der Waals surface area contributed by atoms with E-state index in [-0.39, 0.29) is 38.5 Å². The van der Waals surface area contributed by atoms with E-state index in [9.17, 15) is 4.79 Å². The molecule has 0 saturated heterocycles. The first-order chi connectivity index (χ1) is 6.39.